The van der Waals surface area contributed by atoms with Crippen LogP contribution in [0.3, 0.4) is 0 Å². The van der Waals surface area contributed by atoms with E-state index in [0.29, 0.717) is 25.3 Å². The minimum absolute atomic E-state index is 0.139. The lowest BCUT2D eigenvalue weighted by Gasteiger charge is -2.32. The van der Waals surface area contributed by atoms with E-state index < -0.39 is 11.6 Å². The summed E-state index contributed by atoms with van der Waals surface area (Å²) in [5.41, 5.74) is 0.479. The molecule has 0 bridgehead atoms. The van der Waals surface area contributed by atoms with Crippen LogP contribution in [0.2, 0.25) is 0 Å². The van der Waals surface area contributed by atoms with Gasteiger partial charge in [0, 0.05) is 12.6 Å². The summed E-state index contributed by atoms with van der Waals surface area (Å²) in [6, 6.07) is 4.92. The van der Waals surface area contributed by atoms with E-state index in [-0.39, 0.29) is 24.4 Å². The topological polar surface area (TPSA) is 51.9 Å². The highest BCUT2D eigenvalue weighted by atomic mass is 19.2. The molecule has 23 heavy (non-hydrogen) atoms. The lowest BCUT2D eigenvalue weighted by molar-refractivity contribution is -0.0401. The maximum Gasteiger partial charge on any atom is 0.257 e. The van der Waals surface area contributed by atoms with Gasteiger partial charge in [-0.1, -0.05) is 0 Å². The molecule has 3 rings (SSSR count). The molecule has 0 saturated carbocycles. The number of ether oxygens (including phenoxy) is 2. The predicted octanol–water partition coefficient (Wildman–Crippen LogP) is 2.48. The number of amides is 1. The second-order valence-electron chi connectivity index (χ2n) is 5.14. The molecule has 1 saturated heterocycles. The number of carbonyl (C=O) groups is 1. The Morgan fingerprint density at radius 2 is 2.17 bits per heavy atom. The zero-order chi connectivity index (χ0) is 16.2. The van der Waals surface area contributed by atoms with Gasteiger partial charge < -0.3 is 18.8 Å². The number of rotatable bonds is 4. The smallest absolute Gasteiger partial charge is 0.257 e. The molecule has 1 fully saturated rings. The zero-order valence-corrected chi connectivity index (χ0v) is 12.2. The van der Waals surface area contributed by atoms with Gasteiger partial charge in [-0.3, -0.25) is 4.79 Å². The SMILES string of the molecule is O=C(c1ccoc1)N1CCOC(COc2ccc(F)c(F)c2)C1. The van der Waals surface area contributed by atoms with Gasteiger partial charge in [0.15, 0.2) is 11.6 Å². The van der Waals surface area contributed by atoms with Crippen LogP contribution in [0.4, 0.5) is 8.78 Å². The minimum Gasteiger partial charge on any atom is -0.491 e. The maximum absolute atomic E-state index is 13.1. The summed E-state index contributed by atoms with van der Waals surface area (Å²) >= 11 is 0. The molecule has 7 heteroatoms. The van der Waals surface area contributed by atoms with Gasteiger partial charge in [0.2, 0.25) is 0 Å². The summed E-state index contributed by atoms with van der Waals surface area (Å²) in [6.07, 6.45) is 2.50. The van der Waals surface area contributed by atoms with Crippen molar-refractivity contribution in [3.8, 4) is 5.75 Å². The van der Waals surface area contributed by atoms with E-state index in [0.717, 1.165) is 12.1 Å². The molecule has 2 heterocycles. The summed E-state index contributed by atoms with van der Waals surface area (Å²) in [5.74, 6) is -1.82. The van der Waals surface area contributed by atoms with Gasteiger partial charge in [0.1, 0.15) is 24.7 Å². The number of furan rings is 1. The predicted molar refractivity (Wildman–Crippen MR) is 76.2 cm³/mol. The number of hydrogen-bond acceptors (Lipinski definition) is 4. The Bertz CT molecular complexity index is 675. The Kier molecular flexibility index (Phi) is 4.57. The number of benzene rings is 1. The Labute approximate surface area is 131 Å². The second kappa shape index (κ2) is 6.78. The molecule has 1 atom stereocenters. The molecular weight excluding hydrogens is 308 g/mol. The lowest BCUT2D eigenvalue weighted by atomic mass is 10.2. The Hall–Kier alpha value is -2.41. The van der Waals surface area contributed by atoms with Crippen molar-refractivity contribution in [3.63, 3.8) is 0 Å². The van der Waals surface area contributed by atoms with Crippen LogP contribution in [0.25, 0.3) is 0 Å². The average molecular weight is 323 g/mol. The van der Waals surface area contributed by atoms with Gasteiger partial charge in [0.05, 0.1) is 25.0 Å². The first-order chi connectivity index (χ1) is 11.1. The number of hydrogen-bond donors (Lipinski definition) is 0. The van der Waals surface area contributed by atoms with E-state index in [4.69, 9.17) is 13.9 Å². The summed E-state index contributed by atoms with van der Waals surface area (Å²) in [7, 11) is 0. The van der Waals surface area contributed by atoms with Gasteiger partial charge in [-0.25, -0.2) is 8.78 Å². The number of halogens is 2. The van der Waals surface area contributed by atoms with Crippen molar-refractivity contribution in [2.75, 3.05) is 26.3 Å². The molecule has 1 amide bonds. The van der Waals surface area contributed by atoms with Gasteiger partial charge in [-0.15, -0.1) is 0 Å². The molecule has 0 N–H and O–H groups in total. The molecule has 1 unspecified atom stereocenters. The molecule has 0 radical (unpaired) electrons. The first-order valence-electron chi connectivity index (χ1n) is 7.14. The Morgan fingerprint density at radius 1 is 1.30 bits per heavy atom. The number of morpholine rings is 1. The quantitative estimate of drug-likeness (QED) is 0.867. The van der Waals surface area contributed by atoms with Crippen molar-refractivity contribution >= 4 is 5.91 Å². The minimum atomic E-state index is -0.969. The molecule has 5 nitrogen and oxygen atoms in total. The highest BCUT2D eigenvalue weighted by Gasteiger charge is 2.26. The fourth-order valence-corrected chi connectivity index (χ4v) is 2.33. The standard InChI is InChI=1S/C16H15F2NO4/c17-14-2-1-12(7-15(14)18)23-10-13-8-19(4-6-22-13)16(20)11-3-5-21-9-11/h1-3,5,7,9,13H,4,6,8,10H2. The molecule has 0 spiro atoms. The Morgan fingerprint density at radius 3 is 2.91 bits per heavy atom. The van der Waals surface area contributed by atoms with Crippen molar-refractivity contribution in [3.05, 3.63) is 54.0 Å². The van der Waals surface area contributed by atoms with Crippen LogP contribution in [-0.2, 0) is 4.74 Å². The first-order valence-corrected chi connectivity index (χ1v) is 7.14. The molecule has 1 aliphatic rings. The molecule has 0 aliphatic carbocycles. The third-order valence-corrected chi connectivity index (χ3v) is 3.52. The van der Waals surface area contributed by atoms with Crippen LogP contribution in [0, 0.1) is 11.6 Å². The van der Waals surface area contributed by atoms with E-state index in [1.54, 1.807) is 11.0 Å². The van der Waals surface area contributed by atoms with Crippen LogP contribution in [0.15, 0.2) is 41.2 Å². The molecule has 122 valence electrons. The molecule has 1 aromatic heterocycles. The average Bonchev–Trinajstić information content (AvgIpc) is 3.10. The molecular formula is C16H15F2NO4. The van der Waals surface area contributed by atoms with Crippen LogP contribution >= 0.6 is 0 Å². The number of carbonyl (C=O) groups excluding carboxylic acids is 1. The summed E-state index contributed by atoms with van der Waals surface area (Å²) in [5, 5.41) is 0. The van der Waals surface area contributed by atoms with Crippen molar-refractivity contribution in [1.82, 2.24) is 4.90 Å². The largest absolute Gasteiger partial charge is 0.491 e. The molecule has 1 aromatic carbocycles. The third-order valence-electron chi connectivity index (χ3n) is 3.52. The molecule has 1 aliphatic heterocycles. The van der Waals surface area contributed by atoms with Gasteiger partial charge in [-0.05, 0) is 18.2 Å². The summed E-state index contributed by atoms with van der Waals surface area (Å²) in [4.78, 5) is 13.9. The fourth-order valence-electron chi connectivity index (χ4n) is 2.33. The number of nitrogens with zero attached hydrogens (tertiary/aromatic N) is 1. The maximum atomic E-state index is 13.1. The second-order valence-corrected chi connectivity index (χ2v) is 5.14. The van der Waals surface area contributed by atoms with Crippen LogP contribution < -0.4 is 4.74 Å². The van der Waals surface area contributed by atoms with Crippen molar-refractivity contribution in [1.29, 1.82) is 0 Å². The van der Waals surface area contributed by atoms with Gasteiger partial charge >= 0.3 is 0 Å². The first kappa shape index (κ1) is 15.5. The van der Waals surface area contributed by atoms with E-state index in [9.17, 15) is 13.6 Å². The van der Waals surface area contributed by atoms with E-state index in [2.05, 4.69) is 0 Å². The normalized spacial score (nSPS) is 18.0. The fraction of sp³-hybridized carbons (Fsp3) is 0.312. The van der Waals surface area contributed by atoms with Gasteiger partial charge in [-0.2, -0.15) is 0 Å². The van der Waals surface area contributed by atoms with Crippen molar-refractivity contribution in [2.45, 2.75) is 6.10 Å². The van der Waals surface area contributed by atoms with Crippen molar-refractivity contribution in [2.24, 2.45) is 0 Å². The monoisotopic (exact) mass is 323 g/mol. The highest BCUT2D eigenvalue weighted by molar-refractivity contribution is 5.93. The molecule has 2 aromatic rings. The van der Waals surface area contributed by atoms with Crippen LogP contribution in [0.1, 0.15) is 10.4 Å². The Balaban J connectivity index is 1.56. The highest BCUT2D eigenvalue weighted by Crippen LogP contribution is 2.17. The summed E-state index contributed by atoms with van der Waals surface area (Å²) < 4.78 is 41.8. The third kappa shape index (κ3) is 3.68. The van der Waals surface area contributed by atoms with Crippen LogP contribution in [-0.4, -0.2) is 43.2 Å². The lowest BCUT2D eigenvalue weighted by Crippen LogP contribution is -2.47. The van der Waals surface area contributed by atoms with E-state index in [1.165, 1.54) is 18.6 Å². The van der Waals surface area contributed by atoms with Crippen molar-refractivity contribution < 1.29 is 27.5 Å². The van der Waals surface area contributed by atoms with E-state index in [1.807, 2.05) is 0 Å². The van der Waals surface area contributed by atoms with E-state index >= 15 is 0 Å². The van der Waals surface area contributed by atoms with Gasteiger partial charge in [0.25, 0.3) is 5.91 Å². The van der Waals surface area contributed by atoms with Crippen LogP contribution in [0.5, 0.6) is 5.75 Å². The zero-order valence-electron chi connectivity index (χ0n) is 12.2. The summed E-state index contributed by atoms with van der Waals surface area (Å²) in [6.45, 7) is 1.36.